The molecule has 3 aromatic carbocycles. The lowest BCUT2D eigenvalue weighted by atomic mass is 10.1. The van der Waals surface area contributed by atoms with Crippen molar-refractivity contribution in [3.8, 4) is 23.1 Å². The fourth-order valence-electron chi connectivity index (χ4n) is 8.15. The molecule has 0 spiro atoms. The Hall–Kier alpha value is -5.30. The maximum atomic E-state index is 13.1. The Morgan fingerprint density at radius 2 is 1.33 bits per heavy atom. The van der Waals surface area contributed by atoms with Gasteiger partial charge in [-0.05, 0) is 120 Å². The van der Waals surface area contributed by atoms with E-state index >= 15 is 0 Å². The lowest BCUT2D eigenvalue weighted by molar-refractivity contribution is 0.0164. The zero-order valence-corrected chi connectivity index (χ0v) is 30.5. The molecule has 2 N–H and O–H groups in total. The van der Waals surface area contributed by atoms with Crippen LogP contribution in [0.15, 0.2) is 60.8 Å². The highest BCUT2D eigenvalue weighted by Gasteiger charge is 2.57. The Morgan fingerprint density at radius 3 is 1.96 bits per heavy atom. The Labute approximate surface area is 303 Å². The first-order valence-corrected chi connectivity index (χ1v) is 18.4. The van der Waals surface area contributed by atoms with Gasteiger partial charge in [-0.1, -0.05) is 36.1 Å². The maximum Gasteiger partial charge on any atom is 0.411 e. The number of fused-ring (bicyclic) bond motifs is 5. The zero-order valence-electron chi connectivity index (χ0n) is 30.5. The Bertz CT molecular complexity index is 2300. The van der Waals surface area contributed by atoms with Crippen LogP contribution in [-0.4, -0.2) is 65.2 Å². The topological polar surface area (TPSA) is 116 Å². The summed E-state index contributed by atoms with van der Waals surface area (Å²) in [6, 6.07) is 18.8. The Morgan fingerprint density at radius 1 is 0.731 bits per heavy atom. The summed E-state index contributed by atoms with van der Waals surface area (Å²) in [5.41, 5.74) is 4.52. The lowest BCUT2D eigenvalue weighted by Crippen LogP contribution is -2.38. The molecule has 6 atom stereocenters. The molecule has 2 aliphatic carbocycles. The number of hydrogen-bond acceptors (Lipinski definition) is 6. The highest BCUT2D eigenvalue weighted by molar-refractivity contribution is 6.04. The van der Waals surface area contributed by atoms with Crippen LogP contribution in [0.4, 0.5) is 9.59 Å². The number of imidazole rings is 2. The quantitative estimate of drug-likeness (QED) is 0.183. The smallest absolute Gasteiger partial charge is 0.411 e. The third kappa shape index (κ3) is 6.06. The number of aromatic nitrogens is 4. The van der Waals surface area contributed by atoms with Gasteiger partial charge < -0.3 is 19.4 Å². The summed E-state index contributed by atoms with van der Waals surface area (Å²) >= 11 is 0. The molecule has 10 heteroatoms. The second kappa shape index (κ2) is 11.6. The largest absolute Gasteiger partial charge is 0.444 e. The minimum absolute atomic E-state index is 0.0989. The molecule has 2 aliphatic heterocycles. The molecule has 266 valence electrons. The second-order valence-corrected chi connectivity index (χ2v) is 16.9. The predicted molar refractivity (Wildman–Crippen MR) is 198 cm³/mol. The first kappa shape index (κ1) is 32.6. The molecule has 4 fully saturated rings. The van der Waals surface area contributed by atoms with Gasteiger partial charge in [-0.3, -0.25) is 9.80 Å². The van der Waals surface area contributed by atoms with Crippen molar-refractivity contribution in [1.82, 2.24) is 29.7 Å². The van der Waals surface area contributed by atoms with E-state index < -0.39 is 11.2 Å². The fourth-order valence-corrected chi connectivity index (χ4v) is 8.15. The molecule has 4 unspecified atom stereocenters. The summed E-state index contributed by atoms with van der Waals surface area (Å²) in [4.78, 5) is 46.6. The van der Waals surface area contributed by atoms with Crippen molar-refractivity contribution in [3.63, 3.8) is 0 Å². The van der Waals surface area contributed by atoms with Gasteiger partial charge in [0.2, 0.25) is 0 Å². The van der Waals surface area contributed by atoms with E-state index in [9.17, 15) is 9.59 Å². The van der Waals surface area contributed by atoms with Crippen LogP contribution >= 0.6 is 0 Å². The summed E-state index contributed by atoms with van der Waals surface area (Å²) in [5, 5.41) is 2.14. The lowest BCUT2D eigenvalue weighted by Gasteiger charge is -2.29. The van der Waals surface area contributed by atoms with Crippen LogP contribution in [0.25, 0.3) is 33.1 Å². The van der Waals surface area contributed by atoms with Gasteiger partial charge in [0, 0.05) is 28.6 Å². The minimum atomic E-state index is -0.543. The molecule has 4 heterocycles. The number of H-pyrrole nitrogens is 2. The number of benzene rings is 3. The molecule has 0 bridgehead atoms. The van der Waals surface area contributed by atoms with Crippen molar-refractivity contribution < 1.29 is 19.1 Å². The third-order valence-electron chi connectivity index (χ3n) is 10.7. The molecule has 0 radical (unpaired) electrons. The summed E-state index contributed by atoms with van der Waals surface area (Å²) in [7, 11) is 0. The average molecular weight is 697 g/mol. The molecule has 10 nitrogen and oxygen atoms in total. The van der Waals surface area contributed by atoms with E-state index in [0.717, 1.165) is 81.5 Å². The normalized spacial score (nSPS) is 24.7. The van der Waals surface area contributed by atoms with Crippen LogP contribution in [0.5, 0.6) is 0 Å². The van der Waals surface area contributed by atoms with Gasteiger partial charge in [-0.2, -0.15) is 0 Å². The molecule has 2 saturated carbocycles. The standard InChI is InChI=1S/C42H44N6O4/c1-41(2,3)51-39(49)47-32-18-27(32)20-34(47)37-43-22-31(45-37)25-12-9-23(10-13-25)7-8-24-11-15-29-26(17-24)14-16-30-36(29)46-38(44-30)35-21-28-19-33(28)48(35)40(50)52-42(4,5)6/h9-17,22,27-28,32-35H,18-21H2,1-6H3,(H,43,45)(H,44,46)/t27?,28?,32?,33?,34-,35-/m0/s1. The van der Waals surface area contributed by atoms with Gasteiger partial charge in [0.1, 0.15) is 22.9 Å². The van der Waals surface area contributed by atoms with Gasteiger partial charge in [0.15, 0.2) is 0 Å². The van der Waals surface area contributed by atoms with E-state index in [1.165, 1.54) is 0 Å². The van der Waals surface area contributed by atoms with E-state index in [-0.39, 0.29) is 36.4 Å². The number of carbonyl (C=O) groups is 2. The van der Waals surface area contributed by atoms with E-state index in [2.05, 4.69) is 45.0 Å². The summed E-state index contributed by atoms with van der Waals surface area (Å²) in [6.45, 7) is 11.4. The molecular formula is C42H44N6O4. The van der Waals surface area contributed by atoms with Crippen LogP contribution in [0.2, 0.25) is 0 Å². The van der Waals surface area contributed by atoms with Gasteiger partial charge >= 0.3 is 12.2 Å². The van der Waals surface area contributed by atoms with E-state index in [1.54, 1.807) is 0 Å². The van der Waals surface area contributed by atoms with Crippen molar-refractivity contribution in [2.75, 3.05) is 0 Å². The van der Waals surface area contributed by atoms with Gasteiger partial charge in [-0.25, -0.2) is 19.6 Å². The first-order valence-electron chi connectivity index (χ1n) is 18.4. The minimum Gasteiger partial charge on any atom is -0.444 e. The number of carbonyl (C=O) groups excluding carboxylic acids is 2. The van der Waals surface area contributed by atoms with Crippen molar-refractivity contribution >= 4 is 34.0 Å². The van der Waals surface area contributed by atoms with Gasteiger partial charge in [0.25, 0.3) is 0 Å². The molecule has 2 saturated heterocycles. The number of amides is 2. The Balaban J connectivity index is 0.899. The molecule has 4 aliphatic rings. The monoisotopic (exact) mass is 696 g/mol. The maximum absolute atomic E-state index is 13.1. The van der Waals surface area contributed by atoms with Crippen LogP contribution < -0.4 is 0 Å². The summed E-state index contributed by atoms with van der Waals surface area (Å²) in [5.74, 6) is 9.31. The molecule has 2 amide bonds. The molecule has 52 heavy (non-hydrogen) atoms. The molecule has 5 aromatic rings. The van der Waals surface area contributed by atoms with Crippen LogP contribution in [0.1, 0.15) is 102 Å². The number of rotatable bonds is 3. The van der Waals surface area contributed by atoms with E-state index in [1.807, 2.05) is 93.9 Å². The number of ether oxygens (including phenoxy) is 2. The average Bonchev–Trinajstić information content (AvgIpc) is 3.69. The van der Waals surface area contributed by atoms with Crippen LogP contribution in [0.3, 0.4) is 0 Å². The summed E-state index contributed by atoms with van der Waals surface area (Å²) < 4.78 is 11.5. The number of nitrogens with zero attached hydrogens (tertiary/aromatic N) is 4. The van der Waals surface area contributed by atoms with Crippen molar-refractivity contribution in [3.05, 3.63) is 83.6 Å². The predicted octanol–water partition coefficient (Wildman–Crippen LogP) is 8.65. The van der Waals surface area contributed by atoms with Crippen LogP contribution in [0, 0.1) is 23.7 Å². The number of piperidine rings is 2. The summed E-state index contributed by atoms with van der Waals surface area (Å²) in [6.07, 6.45) is 5.21. The number of hydrogen-bond donors (Lipinski definition) is 2. The van der Waals surface area contributed by atoms with E-state index in [4.69, 9.17) is 14.5 Å². The Kier molecular flexibility index (Phi) is 7.28. The third-order valence-corrected chi connectivity index (χ3v) is 10.7. The number of aromatic amines is 2. The number of likely N-dealkylation sites (tertiary alicyclic amines) is 2. The number of nitrogens with one attached hydrogen (secondary N) is 2. The molecule has 2 aromatic heterocycles. The second-order valence-electron chi connectivity index (χ2n) is 16.9. The SMILES string of the molecule is CC(C)(C)OC(=O)N1C2CC2C[C@H]1c1ncc(-c2ccc(C#Cc3ccc4c(ccc5nc([C@@H]6CC7CC7N6C(=O)OC(C)(C)C)[nH]c54)c3)cc2)[nH]1. The van der Waals surface area contributed by atoms with Crippen LogP contribution in [-0.2, 0) is 9.47 Å². The fraction of sp³-hybridized carbons (Fsp3) is 0.429. The van der Waals surface area contributed by atoms with Gasteiger partial charge in [-0.15, -0.1) is 0 Å². The zero-order chi connectivity index (χ0) is 36.1. The molecular weight excluding hydrogens is 652 g/mol. The van der Waals surface area contributed by atoms with Crippen molar-refractivity contribution in [2.24, 2.45) is 11.8 Å². The van der Waals surface area contributed by atoms with Gasteiger partial charge in [0.05, 0.1) is 35.0 Å². The van der Waals surface area contributed by atoms with Crippen molar-refractivity contribution in [1.29, 1.82) is 0 Å². The highest BCUT2D eigenvalue weighted by atomic mass is 16.6. The first-order chi connectivity index (χ1) is 24.8. The molecule has 9 rings (SSSR count). The highest BCUT2D eigenvalue weighted by Crippen LogP contribution is 2.54. The van der Waals surface area contributed by atoms with Crippen molar-refractivity contribution in [2.45, 2.75) is 103 Å². The van der Waals surface area contributed by atoms with E-state index in [0.29, 0.717) is 11.8 Å².